The number of hydrogen-bond acceptors (Lipinski definition) is 3. The monoisotopic (exact) mass is 381 g/mol. The fourth-order valence-electron chi connectivity index (χ4n) is 4.31. The highest BCUT2D eigenvalue weighted by molar-refractivity contribution is 5.78. The highest BCUT2D eigenvalue weighted by Crippen LogP contribution is 2.26. The number of carbonyl (C=O) groups excluding carboxylic acids is 1. The maximum Gasteiger partial charge on any atom is 0.236 e. The lowest BCUT2D eigenvalue weighted by atomic mass is 9.93. The summed E-state index contributed by atoms with van der Waals surface area (Å²) in [5.41, 5.74) is 3.11. The van der Waals surface area contributed by atoms with Gasteiger partial charge in [0.15, 0.2) is 0 Å². The Morgan fingerprint density at radius 2 is 1.82 bits per heavy atom. The standard InChI is InChI=1S/C23H28FN3O/c24-20-10-8-18(9-11-20)15-21-6-3-7-22(25-21)19-5-4-14-27(16-19)23(28)17-26-12-1-2-13-26/h3,6-11,19H,1-2,4-5,12-17H2. The van der Waals surface area contributed by atoms with Crippen LogP contribution in [0.3, 0.4) is 0 Å². The Balaban J connectivity index is 1.40. The van der Waals surface area contributed by atoms with Crippen molar-refractivity contribution in [2.45, 2.75) is 38.0 Å². The average Bonchev–Trinajstić information content (AvgIpc) is 3.23. The summed E-state index contributed by atoms with van der Waals surface area (Å²) in [4.78, 5) is 21.9. The van der Waals surface area contributed by atoms with E-state index in [1.54, 1.807) is 0 Å². The van der Waals surface area contributed by atoms with Crippen molar-refractivity contribution in [3.8, 4) is 0 Å². The van der Waals surface area contributed by atoms with Gasteiger partial charge in [-0.1, -0.05) is 18.2 Å². The van der Waals surface area contributed by atoms with Gasteiger partial charge in [0.05, 0.1) is 6.54 Å². The maximum absolute atomic E-state index is 13.1. The van der Waals surface area contributed by atoms with E-state index in [9.17, 15) is 9.18 Å². The van der Waals surface area contributed by atoms with E-state index in [2.05, 4.69) is 11.0 Å². The van der Waals surface area contributed by atoms with Crippen LogP contribution in [0.5, 0.6) is 0 Å². The zero-order valence-electron chi connectivity index (χ0n) is 16.3. The van der Waals surface area contributed by atoms with E-state index in [0.717, 1.165) is 56.0 Å². The first kappa shape index (κ1) is 19.1. The zero-order chi connectivity index (χ0) is 19.3. The highest BCUT2D eigenvalue weighted by Gasteiger charge is 2.27. The van der Waals surface area contributed by atoms with Crippen LogP contribution in [0.2, 0.25) is 0 Å². The van der Waals surface area contributed by atoms with Gasteiger partial charge in [-0.3, -0.25) is 14.7 Å². The summed E-state index contributed by atoms with van der Waals surface area (Å²) in [5, 5.41) is 0. The van der Waals surface area contributed by atoms with Crippen LogP contribution in [0.1, 0.15) is 48.6 Å². The van der Waals surface area contributed by atoms with Gasteiger partial charge in [-0.05, 0) is 68.6 Å². The second-order valence-electron chi connectivity index (χ2n) is 8.02. The molecule has 2 aliphatic rings. The number of carbonyl (C=O) groups is 1. The Kier molecular flexibility index (Phi) is 6.01. The predicted molar refractivity (Wildman–Crippen MR) is 108 cm³/mol. The second-order valence-corrected chi connectivity index (χ2v) is 8.02. The third kappa shape index (κ3) is 4.76. The first-order chi connectivity index (χ1) is 13.7. The number of nitrogens with zero attached hydrogens (tertiary/aromatic N) is 3. The molecule has 4 nitrogen and oxygen atoms in total. The largest absolute Gasteiger partial charge is 0.341 e. The molecule has 2 fully saturated rings. The summed E-state index contributed by atoms with van der Waals surface area (Å²) in [6.07, 6.45) is 5.21. The molecule has 2 saturated heterocycles. The quantitative estimate of drug-likeness (QED) is 0.794. The van der Waals surface area contributed by atoms with Gasteiger partial charge in [0.1, 0.15) is 5.82 Å². The molecule has 2 aliphatic heterocycles. The number of hydrogen-bond donors (Lipinski definition) is 0. The Labute approximate surface area is 166 Å². The van der Waals surface area contributed by atoms with E-state index < -0.39 is 0 Å². The molecule has 4 rings (SSSR count). The topological polar surface area (TPSA) is 36.4 Å². The van der Waals surface area contributed by atoms with E-state index >= 15 is 0 Å². The van der Waals surface area contributed by atoms with Crippen LogP contribution in [0.15, 0.2) is 42.5 Å². The Morgan fingerprint density at radius 3 is 2.61 bits per heavy atom. The van der Waals surface area contributed by atoms with Crippen LogP contribution in [0, 0.1) is 5.82 Å². The van der Waals surface area contributed by atoms with Crippen molar-refractivity contribution in [2.24, 2.45) is 0 Å². The highest BCUT2D eigenvalue weighted by atomic mass is 19.1. The first-order valence-corrected chi connectivity index (χ1v) is 10.4. The van der Waals surface area contributed by atoms with Crippen molar-refractivity contribution in [3.05, 3.63) is 65.2 Å². The predicted octanol–water partition coefficient (Wildman–Crippen LogP) is 3.61. The number of pyridine rings is 1. The lowest BCUT2D eigenvalue weighted by Crippen LogP contribution is -2.44. The number of benzene rings is 1. The van der Waals surface area contributed by atoms with Gasteiger partial charge < -0.3 is 4.90 Å². The molecule has 1 unspecified atom stereocenters. The van der Waals surface area contributed by atoms with Gasteiger partial charge in [0.2, 0.25) is 5.91 Å². The van der Waals surface area contributed by atoms with Gasteiger partial charge >= 0.3 is 0 Å². The van der Waals surface area contributed by atoms with Crippen LogP contribution < -0.4 is 0 Å². The second kappa shape index (κ2) is 8.82. The summed E-state index contributed by atoms with van der Waals surface area (Å²) in [6, 6.07) is 12.7. The Hall–Kier alpha value is -2.27. The number of piperidine rings is 1. The fraction of sp³-hybridized carbons (Fsp3) is 0.478. The number of likely N-dealkylation sites (tertiary alicyclic amines) is 2. The first-order valence-electron chi connectivity index (χ1n) is 10.4. The van der Waals surface area contributed by atoms with Crippen molar-refractivity contribution in [2.75, 3.05) is 32.7 Å². The minimum absolute atomic E-state index is 0.216. The van der Waals surface area contributed by atoms with E-state index in [1.165, 1.54) is 25.0 Å². The van der Waals surface area contributed by atoms with E-state index in [-0.39, 0.29) is 11.7 Å². The number of amides is 1. The number of halogens is 1. The molecule has 0 spiro atoms. The van der Waals surface area contributed by atoms with E-state index in [1.807, 2.05) is 29.2 Å². The molecule has 5 heteroatoms. The van der Waals surface area contributed by atoms with Gasteiger partial charge in [0, 0.05) is 36.8 Å². The molecule has 0 bridgehead atoms. The molecule has 2 aromatic rings. The minimum Gasteiger partial charge on any atom is -0.341 e. The van der Waals surface area contributed by atoms with Crippen molar-refractivity contribution in [1.29, 1.82) is 0 Å². The average molecular weight is 381 g/mol. The van der Waals surface area contributed by atoms with Crippen LogP contribution in [-0.4, -0.2) is 53.4 Å². The third-order valence-corrected chi connectivity index (χ3v) is 5.88. The third-order valence-electron chi connectivity index (χ3n) is 5.88. The van der Waals surface area contributed by atoms with Gasteiger partial charge in [-0.15, -0.1) is 0 Å². The van der Waals surface area contributed by atoms with Crippen LogP contribution in [0.25, 0.3) is 0 Å². The molecular weight excluding hydrogens is 353 g/mol. The summed E-state index contributed by atoms with van der Waals surface area (Å²) in [5.74, 6) is 0.338. The summed E-state index contributed by atoms with van der Waals surface area (Å²) in [7, 11) is 0. The van der Waals surface area contributed by atoms with Crippen molar-refractivity contribution < 1.29 is 9.18 Å². The summed E-state index contributed by atoms with van der Waals surface area (Å²) in [6.45, 7) is 4.29. The van der Waals surface area contributed by atoms with Crippen molar-refractivity contribution in [1.82, 2.24) is 14.8 Å². The number of aromatic nitrogens is 1. The van der Waals surface area contributed by atoms with Crippen molar-refractivity contribution >= 4 is 5.91 Å². The van der Waals surface area contributed by atoms with Crippen LogP contribution >= 0.6 is 0 Å². The smallest absolute Gasteiger partial charge is 0.236 e. The molecule has 0 radical (unpaired) electrons. The molecule has 1 atom stereocenters. The molecule has 148 valence electrons. The molecular formula is C23H28FN3O. The van der Waals surface area contributed by atoms with Crippen LogP contribution in [-0.2, 0) is 11.2 Å². The van der Waals surface area contributed by atoms with Gasteiger partial charge in [-0.2, -0.15) is 0 Å². The van der Waals surface area contributed by atoms with Gasteiger partial charge in [-0.25, -0.2) is 4.39 Å². The SMILES string of the molecule is O=C(CN1CCCC1)N1CCCC(c2cccc(Cc3ccc(F)cc3)n2)C1. The molecule has 1 aromatic heterocycles. The Bertz CT molecular complexity index is 802. The molecule has 3 heterocycles. The van der Waals surface area contributed by atoms with E-state index in [0.29, 0.717) is 18.9 Å². The lowest BCUT2D eigenvalue weighted by molar-refractivity contribution is -0.133. The van der Waals surface area contributed by atoms with Gasteiger partial charge in [0.25, 0.3) is 0 Å². The van der Waals surface area contributed by atoms with Crippen LogP contribution in [0.4, 0.5) is 4.39 Å². The normalized spacial score (nSPS) is 20.5. The minimum atomic E-state index is -0.216. The Morgan fingerprint density at radius 1 is 1.04 bits per heavy atom. The molecule has 1 amide bonds. The van der Waals surface area contributed by atoms with E-state index in [4.69, 9.17) is 4.98 Å². The summed E-state index contributed by atoms with van der Waals surface area (Å²) < 4.78 is 13.1. The van der Waals surface area contributed by atoms with Crippen molar-refractivity contribution in [3.63, 3.8) is 0 Å². The zero-order valence-corrected chi connectivity index (χ0v) is 16.3. The summed E-state index contributed by atoms with van der Waals surface area (Å²) >= 11 is 0. The lowest BCUT2D eigenvalue weighted by Gasteiger charge is -2.33. The molecule has 1 aromatic carbocycles. The molecule has 0 N–H and O–H groups in total. The maximum atomic E-state index is 13.1. The molecule has 28 heavy (non-hydrogen) atoms. The molecule has 0 saturated carbocycles. The molecule has 0 aliphatic carbocycles. The fourth-order valence-corrected chi connectivity index (χ4v) is 4.31. The number of rotatable bonds is 5.